The fourth-order valence-electron chi connectivity index (χ4n) is 1.21. The van der Waals surface area contributed by atoms with Crippen molar-refractivity contribution in [1.82, 2.24) is 0 Å². The van der Waals surface area contributed by atoms with E-state index in [9.17, 15) is 4.39 Å². The Hall–Kier alpha value is -0.890. The minimum Gasteiger partial charge on any atom is -0.325 e. The van der Waals surface area contributed by atoms with E-state index in [2.05, 4.69) is 0 Å². The SMILES string of the molecule is CC(c1cccc(F)c1)C(C)(C)N. The lowest BCUT2D eigenvalue weighted by Crippen LogP contribution is -2.37. The van der Waals surface area contributed by atoms with Crippen LogP contribution in [0.5, 0.6) is 0 Å². The normalized spacial score (nSPS) is 14.2. The van der Waals surface area contributed by atoms with E-state index in [4.69, 9.17) is 5.73 Å². The summed E-state index contributed by atoms with van der Waals surface area (Å²) in [6.07, 6.45) is 0. The Kier molecular flexibility index (Phi) is 2.71. The molecule has 72 valence electrons. The van der Waals surface area contributed by atoms with Crippen molar-refractivity contribution in [3.8, 4) is 0 Å². The van der Waals surface area contributed by atoms with E-state index < -0.39 is 0 Å². The number of rotatable bonds is 2. The molecule has 0 aromatic heterocycles. The van der Waals surface area contributed by atoms with Crippen LogP contribution in [0.1, 0.15) is 32.3 Å². The fraction of sp³-hybridized carbons (Fsp3) is 0.455. The maximum atomic E-state index is 12.9. The fourth-order valence-corrected chi connectivity index (χ4v) is 1.21. The molecule has 0 bridgehead atoms. The third-order valence-electron chi connectivity index (χ3n) is 2.46. The van der Waals surface area contributed by atoms with Gasteiger partial charge in [-0.15, -0.1) is 0 Å². The van der Waals surface area contributed by atoms with Gasteiger partial charge in [0, 0.05) is 5.54 Å². The molecule has 1 aromatic rings. The maximum Gasteiger partial charge on any atom is 0.123 e. The Morgan fingerprint density at radius 3 is 2.46 bits per heavy atom. The minimum absolute atomic E-state index is 0.156. The number of nitrogens with two attached hydrogens (primary N) is 1. The van der Waals surface area contributed by atoms with Crippen molar-refractivity contribution in [3.63, 3.8) is 0 Å². The molecule has 1 rings (SSSR count). The van der Waals surface area contributed by atoms with Crippen LogP contribution in [0.2, 0.25) is 0 Å². The third kappa shape index (κ3) is 2.52. The van der Waals surface area contributed by atoms with Gasteiger partial charge in [-0.05, 0) is 37.5 Å². The monoisotopic (exact) mass is 181 g/mol. The van der Waals surface area contributed by atoms with Crippen LogP contribution in [0.3, 0.4) is 0 Å². The molecule has 0 fully saturated rings. The molecule has 0 radical (unpaired) electrons. The van der Waals surface area contributed by atoms with Crippen molar-refractivity contribution in [3.05, 3.63) is 35.6 Å². The van der Waals surface area contributed by atoms with E-state index >= 15 is 0 Å². The molecule has 1 nitrogen and oxygen atoms in total. The highest BCUT2D eigenvalue weighted by atomic mass is 19.1. The van der Waals surface area contributed by atoms with Crippen LogP contribution in [0.15, 0.2) is 24.3 Å². The molecule has 0 heterocycles. The lowest BCUT2D eigenvalue weighted by Gasteiger charge is -2.27. The molecule has 0 spiro atoms. The van der Waals surface area contributed by atoms with Gasteiger partial charge < -0.3 is 5.73 Å². The van der Waals surface area contributed by atoms with E-state index in [0.29, 0.717) is 0 Å². The summed E-state index contributed by atoms with van der Waals surface area (Å²) >= 11 is 0. The topological polar surface area (TPSA) is 26.0 Å². The van der Waals surface area contributed by atoms with Crippen molar-refractivity contribution in [2.45, 2.75) is 32.2 Å². The number of halogens is 1. The molecule has 0 saturated carbocycles. The Labute approximate surface area is 78.8 Å². The average Bonchev–Trinajstić information content (AvgIpc) is 2.01. The van der Waals surface area contributed by atoms with Crippen LogP contribution < -0.4 is 5.73 Å². The van der Waals surface area contributed by atoms with E-state index in [1.54, 1.807) is 12.1 Å². The smallest absolute Gasteiger partial charge is 0.123 e. The van der Waals surface area contributed by atoms with E-state index in [-0.39, 0.29) is 17.3 Å². The van der Waals surface area contributed by atoms with Gasteiger partial charge in [0.2, 0.25) is 0 Å². The van der Waals surface area contributed by atoms with Gasteiger partial charge in [0.25, 0.3) is 0 Å². The van der Waals surface area contributed by atoms with Crippen molar-refractivity contribution < 1.29 is 4.39 Å². The molecule has 1 unspecified atom stereocenters. The van der Waals surface area contributed by atoms with Crippen LogP contribution in [-0.4, -0.2) is 5.54 Å². The quantitative estimate of drug-likeness (QED) is 0.745. The van der Waals surface area contributed by atoms with Gasteiger partial charge in [0.1, 0.15) is 5.82 Å². The molecule has 0 aliphatic heterocycles. The first-order chi connectivity index (χ1) is 5.91. The second kappa shape index (κ2) is 3.46. The Morgan fingerprint density at radius 2 is 2.00 bits per heavy atom. The van der Waals surface area contributed by atoms with Crippen molar-refractivity contribution >= 4 is 0 Å². The Bertz CT molecular complexity index is 288. The first-order valence-electron chi connectivity index (χ1n) is 4.45. The zero-order valence-electron chi connectivity index (χ0n) is 8.34. The predicted octanol–water partition coefficient (Wildman–Crippen LogP) is 2.67. The molecule has 0 aliphatic carbocycles. The number of benzene rings is 1. The molecule has 0 amide bonds. The zero-order chi connectivity index (χ0) is 10.1. The molecule has 0 saturated heterocycles. The summed E-state index contributed by atoms with van der Waals surface area (Å²) in [5.41, 5.74) is 6.58. The summed E-state index contributed by atoms with van der Waals surface area (Å²) in [4.78, 5) is 0. The number of hydrogen-bond donors (Lipinski definition) is 1. The molecule has 0 aliphatic rings. The molecule has 13 heavy (non-hydrogen) atoms. The van der Waals surface area contributed by atoms with E-state index in [1.807, 2.05) is 26.8 Å². The second-order valence-electron chi connectivity index (χ2n) is 4.10. The molecule has 2 heteroatoms. The first kappa shape index (κ1) is 10.2. The Morgan fingerprint density at radius 1 is 1.38 bits per heavy atom. The summed E-state index contributed by atoms with van der Waals surface area (Å²) in [5.74, 6) is -0.0446. The lowest BCUT2D eigenvalue weighted by atomic mass is 9.84. The minimum atomic E-state index is -0.312. The number of hydrogen-bond acceptors (Lipinski definition) is 1. The summed E-state index contributed by atoms with van der Waals surface area (Å²) in [7, 11) is 0. The summed E-state index contributed by atoms with van der Waals surface area (Å²) in [6.45, 7) is 5.90. The van der Waals surface area contributed by atoms with Gasteiger partial charge in [-0.3, -0.25) is 0 Å². The van der Waals surface area contributed by atoms with Crippen LogP contribution in [0, 0.1) is 5.82 Å². The highest BCUT2D eigenvalue weighted by Gasteiger charge is 2.22. The van der Waals surface area contributed by atoms with E-state index in [1.165, 1.54) is 6.07 Å². The molecule has 2 N–H and O–H groups in total. The van der Waals surface area contributed by atoms with Crippen LogP contribution in [0.25, 0.3) is 0 Å². The zero-order valence-corrected chi connectivity index (χ0v) is 8.34. The van der Waals surface area contributed by atoms with Crippen molar-refractivity contribution in [2.75, 3.05) is 0 Å². The second-order valence-corrected chi connectivity index (χ2v) is 4.10. The van der Waals surface area contributed by atoms with Gasteiger partial charge in [-0.2, -0.15) is 0 Å². The van der Waals surface area contributed by atoms with Gasteiger partial charge in [-0.1, -0.05) is 19.1 Å². The summed E-state index contributed by atoms with van der Waals surface area (Å²) in [6, 6.07) is 6.61. The van der Waals surface area contributed by atoms with E-state index in [0.717, 1.165) is 5.56 Å². The maximum absolute atomic E-state index is 12.9. The average molecular weight is 181 g/mol. The van der Waals surface area contributed by atoms with Crippen molar-refractivity contribution in [2.24, 2.45) is 5.73 Å². The van der Waals surface area contributed by atoms with Crippen LogP contribution in [0.4, 0.5) is 4.39 Å². The van der Waals surface area contributed by atoms with Gasteiger partial charge in [0.15, 0.2) is 0 Å². The molecule has 1 aromatic carbocycles. The molecular weight excluding hydrogens is 165 g/mol. The predicted molar refractivity (Wildman–Crippen MR) is 53.1 cm³/mol. The summed E-state index contributed by atoms with van der Waals surface area (Å²) in [5, 5.41) is 0. The van der Waals surface area contributed by atoms with Gasteiger partial charge in [0.05, 0.1) is 0 Å². The lowest BCUT2D eigenvalue weighted by molar-refractivity contribution is 0.434. The first-order valence-corrected chi connectivity index (χ1v) is 4.45. The van der Waals surface area contributed by atoms with Crippen LogP contribution in [-0.2, 0) is 0 Å². The van der Waals surface area contributed by atoms with Gasteiger partial charge in [-0.25, -0.2) is 4.39 Å². The van der Waals surface area contributed by atoms with Crippen molar-refractivity contribution in [1.29, 1.82) is 0 Å². The molecular formula is C11H16FN. The van der Waals surface area contributed by atoms with Gasteiger partial charge >= 0.3 is 0 Å². The highest BCUT2D eigenvalue weighted by Crippen LogP contribution is 2.25. The summed E-state index contributed by atoms with van der Waals surface area (Å²) < 4.78 is 12.9. The Balaban J connectivity index is 2.96. The largest absolute Gasteiger partial charge is 0.325 e. The third-order valence-corrected chi connectivity index (χ3v) is 2.46. The highest BCUT2D eigenvalue weighted by molar-refractivity contribution is 5.22. The van der Waals surface area contributed by atoms with Crippen LogP contribution >= 0.6 is 0 Å². The molecule has 1 atom stereocenters. The standard InChI is InChI=1S/C11H16FN/c1-8(11(2,3)13)9-5-4-6-10(12)7-9/h4-8H,13H2,1-3H3.